The zero-order chi connectivity index (χ0) is 11.3. The Morgan fingerprint density at radius 3 is 2.80 bits per heavy atom. The molecule has 0 fully saturated rings. The molecule has 1 heterocycles. The van der Waals surface area contributed by atoms with Crippen LogP contribution >= 0.6 is 0 Å². The van der Waals surface area contributed by atoms with Gasteiger partial charge in [-0.05, 0) is 27.2 Å². The quantitative estimate of drug-likeness (QED) is 0.784. The summed E-state index contributed by atoms with van der Waals surface area (Å²) in [6.45, 7) is 7.20. The highest BCUT2D eigenvalue weighted by molar-refractivity contribution is 5.27. The number of hydrogen-bond donors (Lipinski definition) is 1. The van der Waals surface area contributed by atoms with Crippen LogP contribution in [0, 0.1) is 0 Å². The zero-order valence-corrected chi connectivity index (χ0v) is 10.0. The van der Waals surface area contributed by atoms with Crippen molar-refractivity contribution in [1.82, 2.24) is 9.55 Å². The summed E-state index contributed by atoms with van der Waals surface area (Å²) in [4.78, 5) is 4.30. The normalized spacial score (nSPS) is 13.1. The van der Waals surface area contributed by atoms with Gasteiger partial charge >= 0.3 is 0 Å². The Bertz CT molecular complexity index is 283. The molecule has 86 valence electrons. The summed E-state index contributed by atoms with van der Waals surface area (Å²) >= 11 is 0. The number of imidazole rings is 1. The lowest BCUT2D eigenvalue weighted by Crippen LogP contribution is -2.20. The number of nitrogens with zero attached hydrogens (tertiary/aromatic N) is 2. The molecule has 0 bridgehead atoms. The van der Waals surface area contributed by atoms with Crippen LogP contribution in [0.5, 0.6) is 0 Å². The van der Waals surface area contributed by atoms with Crippen LogP contribution in [0.25, 0.3) is 0 Å². The third-order valence-electron chi connectivity index (χ3n) is 2.36. The second kappa shape index (κ2) is 5.75. The van der Waals surface area contributed by atoms with Crippen molar-refractivity contribution >= 4 is 5.95 Å². The van der Waals surface area contributed by atoms with E-state index in [2.05, 4.69) is 35.6 Å². The summed E-state index contributed by atoms with van der Waals surface area (Å²) in [6, 6.07) is 0.814. The van der Waals surface area contributed by atoms with E-state index < -0.39 is 0 Å². The van der Waals surface area contributed by atoms with Gasteiger partial charge in [-0.1, -0.05) is 0 Å². The number of ether oxygens (including phenoxy) is 1. The third-order valence-corrected chi connectivity index (χ3v) is 2.36. The molecule has 1 rings (SSSR count). The van der Waals surface area contributed by atoms with Gasteiger partial charge in [0.1, 0.15) is 0 Å². The molecule has 0 amide bonds. The van der Waals surface area contributed by atoms with E-state index in [0.29, 0.717) is 12.1 Å². The second-order valence-electron chi connectivity index (χ2n) is 4.08. The van der Waals surface area contributed by atoms with E-state index in [1.165, 1.54) is 0 Å². The van der Waals surface area contributed by atoms with E-state index in [4.69, 9.17) is 4.74 Å². The zero-order valence-electron chi connectivity index (χ0n) is 10.0. The highest BCUT2D eigenvalue weighted by Gasteiger charge is 2.08. The van der Waals surface area contributed by atoms with Gasteiger partial charge in [-0.15, -0.1) is 0 Å². The van der Waals surface area contributed by atoms with Crippen LogP contribution in [0.15, 0.2) is 12.4 Å². The van der Waals surface area contributed by atoms with Crippen LogP contribution in [0.1, 0.15) is 33.2 Å². The van der Waals surface area contributed by atoms with Crippen molar-refractivity contribution in [1.29, 1.82) is 0 Å². The lowest BCUT2D eigenvalue weighted by Gasteiger charge is -2.17. The van der Waals surface area contributed by atoms with Crippen molar-refractivity contribution in [3.8, 4) is 0 Å². The Hall–Kier alpha value is -1.03. The molecule has 0 saturated carbocycles. The molecule has 15 heavy (non-hydrogen) atoms. The molecule has 0 radical (unpaired) electrons. The molecule has 0 aliphatic carbocycles. The third kappa shape index (κ3) is 3.55. The fraction of sp³-hybridized carbons (Fsp3) is 0.727. The topological polar surface area (TPSA) is 39.1 Å². The Balaban J connectivity index is 2.52. The van der Waals surface area contributed by atoms with E-state index in [1.807, 2.05) is 12.4 Å². The molecule has 0 spiro atoms. The van der Waals surface area contributed by atoms with Gasteiger partial charge in [0.05, 0.1) is 0 Å². The van der Waals surface area contributed by atoms with Gasteiger partial charge in [-0.25, -0.2) is 4.98 Å². The molecular formula is C11H21N3O. The van der Waals surface area contributed by atoms with Gasteiger partial charge in [-0.3, -0.25) is 0 Å². The van der Waals surface area contributed by atoms with Gasteiger partial charge in [-0.2, -0.15) is 0 Å². The van der Waals surface area contributed by atoms with E-state index in [9.17, 15) is 0 Å². The molecule has 1 N–H and O–H groups in total. The van der Waals surface area contributed by atoms with Crippen molar-refractivity contribution in [2.75, 3.05) is 19.0 Å². The highest BCUT2D eigenvalue weighted by atomic mass is 16.5. The lowest BCUT2D eigenvalue weighted by molar-refractivity contribution is 0.191. The molecule has 0 saturated heterocycles. The van der Waals surface area contributed by atoms with Crippen LogP contribution in [0.3, 0.4) is 0 Å². The largest absolute Gasteiger partial charge is 0.385 e. The van der Waals surface area contributed by atoms with Gasteiger partial charge in [0.25, 0.3) is 0 Å². The number of hydrogen-bond acceptors (Lipinski definition) is 3. The smallest absolute Gasteiger partial charge is 0.203 e. The number of rotatable bonds is 6. The van der Waals surface area contributed by atoms with E-state index in [0.717, 1.165) is 19.0 Å². The minimum Gasteiger partial charge on any atom is -0.385 e. The van der Waals surface area contributed by atoms with E-state index >= 15 is 0 Å². The fourth-order valence-corrected chi connectivity index (χ4v) is 1.43. The SMILES string of the molecule is COCCC(C)Nc1nccn1C(C)C. The van der Waals surface area contributed by atoms with Crippen molar-refractivity contribution in [3.63, 3.8) is 0 Å². The van der Waals surface area contributed by atoms with Crippen LogP contribution in [0.2, 0.25) is 0 Å². The minimum absolute atomic E-state index is 0.379. The molecule has 4 heteroatoms. The molecule has 1 aromatic rings. The molecule has 1 atom stereocenters. The van der Waals surface area contributed by atoms with Crippen molar-refractivity contribution < 1.29 is 4.74 Å². The van der Waals surface area contributed by atoms with E-state index in [-0.39, 0.29) is 0 Å². The predicted molar refractivity (Wildman–Crippen MR) is 62.2 cm³/mol. The van der Waals surface area contributed by atoms with Gasteiger partial charge < -0.3 is 14.6 Å². The first-order valence-electron chi connectivity index (χ1n) is 5.43. The Labute approximate surface area is 91.7 Å². The fourth-order valence-electron chi connectivity index (χ4n) is 1.43. The summed E-state index contributed by atoms with van der Waals surface area (Å²) in [5.41, 5.74) is 0. The molecular weight excluding hydrogens is 190 g/mol. The first kappa shape index (κ1) is 12.0. The number of nitrogens with one attached hydrogen (secondary N) is 1. The number of methoxy groups -OCH3 is 1. The maximum Gasteiger partial charge on any atom is 0.203 e. The minimum atomic E-state index is 0.379. The molecule has 0 aliphatic rings. The standard InChI is InChI=1S/C11H21N3O/c1-9(2)14-7-6-12-11(14)13-10(3)5-8-15-4/h6-7,9-10H,5,8H2,1-4H3,(H,12,13). The monoisotopic (exact) mass is 211 g/mol. The molecule has 4 nitrogen and oxygen atoms in total. The first-order chi connectivity index (χ1) is 7.15. The molecule has 1 aromatic heterocycles. The lowest BCUT2D eigenvalue weighted by atomic mass is 10.2. The second-order valence-corrected chi connectivity index (χ2v) is 4.08. The van der Waals surface area contributed by atoms with Crippen LogP contribution in [-0.2, 0) is 4.74 Å². The van der Waals surface area contributed by atoms with Crippen molar-refractivity contribution in [2.24, 2.45) is 0 Å². The Kier molecular flexibility index (Phi) is 4.62. The van der Waals surface area contributed by atoms with Gasteiger partial charge in [0, 0.05) is 38.2 Å². The molecule has 1 unspecified atom stereocenters. The highest BCUT2D eigenvalue weighted by Crippen LogP contribution is 2.13. The predicted octanol–water partition coefficient (Wildman–Crippen LogP) is 2.30. The summed E-state index contributed by atoms with van der Waals surface area (Å²) in [5.74, 6) is 0.939. The van der Waals surface area contributed by atoms with Gasteiger partial charge in [0.15, 0.2) is 0 Å². The molecule has 0 aromatic carbocycles. The average Bonchev–Trinajstić information content (AvgIpc) is 2.62. The Morgan fingerprint density at radius 1 is 1.47 bits per heavy atom. The van der Waals surface area contributed by atoms with E-state index in [1.54, 1.807) is 7.11 Å². The van der Waals surface area contributed by atoms with Crippen LogP contribution in [0.4, 0.5) is 5.95 Å². The van der Waals surface area contributed by atoms with Gasteiger partial charge in [0.2, 0.25) is 5.95 Å². The average molecular weight is 211 g/mol. The van der Waals surface area contributed by atoms with Crippen molar-refractivity contribution in [2.45, 2.75) is 39.3 Å². The maximum absolute atomic E-state index is 5.04. The maximum atomic E-state index is 5.04. The summed E-state index contributed by atoms with van der Waals surface area (Å²) in [5, 5.41) is 3.38. The Morgan fingerprint density at radius 2 is 2.20 bits per heavy atom. The summed E-state index contributed by atoms with van der Waals surface area (Å²) in [7, 11) is 1.72. The van der Waals surface area contributed by atoms with Crippen LogP contribution in [-0.4, -0.2) is 29.3 Å². The summed E-state index contributed by atoms with van der Waals surface area (Å²) in [6.07, 6.45) is 4.81. The summed E-state index contributed by atoms with van der Waals surface area (Å²) < 4.78 is 7.17. The van der Waals surface area contributed by atoms with Crippen molar-refractivity contribution in [3.05, 3.63) is 12.4 Å². The van der Waals surface area contributed by atoms with Crippen LogP contribution < -0.4 is 5.32 Å². The number of anilines is 1. The number of aromatic nitrogens is 2. The first-order valence-corrected chi connectivity index (χ1v) is 5.43. The molecule has 0 aliphatic heterocycles.